The maximum atomic E-state index is 13.7. The second-order valence-corrected chi connectivity index (χ2v) is 11.2. The minimum Gasteiger partial charge on any atom is -0.475 e. The van der Waals surface area contributed by atoms with Gasteiger partial charge in [-0.1, -0.05) is 47.5 Å². The zero-order chi connectivity index (χ0) is 31.2. The summed E-state index contributed by atoms with van der Waals surface area (Å²) in [5.41, 5.74) is 1.42. The first-order valence-electron chi connectivity index (χ1n) is 13.5. The van der Waals surface area contributed by atoms with Gasteiger partial charge in [-0.15, -0.1) is 0 Å². The van der Waals surface area contributed by atoms with Crippen molar-refractivity contribution >= 4 is 46.7 Å². The molecule has 1 atom stereocenters. The topological polar surface area (TPSA) is 99.2 Å². The van der Waals surface area contributed by atoms with Crippen molar-refractivity contribution in [3.05, 3.63) is 87.9 Å². The highest BCUT2D eigenvalue weighted by Crippen LogP contribution is 2.34. The van der Waals surface area contributed by atoms with Crippen LogP contribution in [-0.2, 0) is 20.9 Å². The van der Waals surface area contributed by atoms with Crippen molar-refractivity contribution in [1.29, 1.82) is 0 Å². The van der Waals surface area contributed by atoms with Crippen LogP contribution < -0.4 is 10.2 Å². The molecule has 0 radical (unpaired) electrons. The van der Waals surface area contributed by atoms with Crippen LogP contribution >= 0.6 is 23.2 Å². The summed E-state index contributed by atoms with van der Waals surface area (Å²) in [6.07, 6.45) is 5.74. The van der Waals surface area contributed by atoms with E-state index in [1.165, 1.54) is 0 Å². The minimum absolute atomic E-state index is 0.0449. The standard InChI is InChI=1S/C28H29Cl2N3O3.C2HF3O2/c29-22-6-4-20(5-7-22)27(35)32-17-21-16-23(30)8-9-25(21)33(26(34)18-32)19-28(12-2-1-3-13-28)36-24-10-14-31-15-11-24;3-2(4,5)1(6)7/h1-9,12,16,24,31H,10-11,13-15,17-19H2;(H,6,7). The number of rotatable bonds is 5. The van der Waals surface area contributed by atoms with E-state index < -0.39 is 17.7 Å². The summed E-state index contributed by atoms with van der Waals surface area (Å²) in [5, 5.41) is 11.6. The molecule has 1 saturated heterocycles. The van der Waals surface area contributed by atoms with Gasteiger partial charge in [-0.3, -0.25) is 9.59 Å². The molecule has 2 N–H and O–H groups in total. The highest BCUT2D eigenvalue weighted by atomic mass is 35.5. The van der Waals surface area contributed by atoms with E-state index in [0.29, 0.717) is 28.6 Å². The number of hydrogen-bond donors (Lipinski definition) is 2. The predicted octanol–water partition coefficient (Wildman–Crippen LogP) is 5.64. The third-order valence-corrected chi connectivity index (χ3v) is 7.65. The van der Waals surface area contributed by atoms with Crippen molar-refractivity contribution in [2.45, 2.75) is 43.7 Å². The molecule has 0 saturated carbocycles. The van der Waals surface area contributed by atoms with E-state index in [0.717, 1.165) is 37.2 Å². The fourth-order valence-electron chi connectivity index (χ4n) is 5.08. The highest BCUT2D eigenvalue weighted by molar-refractivity contribution is 6.31. The zero-order valence-corrected chi connectivity index (χ0v) is 24.5. The van der Waals surface area contributed by atoms with Crippen LogP contribution in [0.15, 0.2) is 66.8 Å². The smallest absolute Gasteiger partial charge is 0.475 e. The summed E-state index contributed by atoms with van der Waals surface area (Å²) in [6, 6.07) is 12.2. The fraction of sp³-hybridized carbons (Fsp3) is 0.367. The highest BCUT2D eigenvalue weighted by Gasteiger charge is 2.39. The van der Waals surface area contributed by atoms with Gasteiger partial charge in [0.05, 0.1) is 12.6 Å². The Kier molecular flexibility index (Phi) is 10.5. The Morgan fingerprint density at radius 3 is 2.28 bits per heavy atom. The molecule has 0 spiro atoms. The van der Waals surface area contributed by atoms with Crippen molar-refractivity contribution in [2.75, 3.05) is 31.1 Å². The van der Waals surface area contributed by atoms with Crippen LogP contribution in [0.2, 0.25) is 10.0 Å². The van der Waals surface area contributed by atoms with E-state index in [1.54, 1.807) is 40.1 Å². The monoisotopic (exact) mass is 639 g/mol. The fourth-order valence-corrected chi connectivity index (χ4v) is 5.40. The first-order valence-corrected chi connectivity index (χ1v) is 14.3. The summed E-state index contributed by atoms with van der Waals surface area (Å²) in [7, 11) is 0. The van der Waals surface area contributed by atoms with E-state index in [4.69, 9.17) is 37.8 Å². The molecule has 1 unspecified atom stereocenters. The molecule has 230 valence electrons. The Morgan fingerprint density at radius 2 is 1.67 bits per heavy atom. The molecular weight excluding hydrogens is 610 g/mol. The van der Waals surface area contributed by atoms with Crippen molar-refractivity contribution in [3.8, 4) is 0 Å². The molecule has 2 aliphatic heterocycles. The first-order chi connectivity index (χ1) is 20.4. The number of anilines is 1. The third-order valence-electron chi connectivity index (χ3n) is 7.17. The van der Waals surface area contributed by atoms with Crippen molar-refractivity contribution in [1.82, 2.24) is 10.2 Å². The average molecular weight is 640 g/mol. The van der Waals surface area contributed by atoms with Crippen molar-refractivity contribution < 1.29 is 37.4 Å². The number of benzene rings is 2. The lowest BCUT2D eigenvalue weighted by Gasteiger charge is -2.40. The Bertz CT molecular complexity index is 1390. The molecule has 0 aromatic heterocycles. The summed E-state index contributed by atoms with van der Waals surface area (Å²) in [4.78, 5) is 39.3. The van der Waals surface area contributed by atoms with Gasteiger partial charge in [0.1, 0.15) is 12.1 Å². The predicted molar refractivity (Wildman–Crippen MR) is 156 cm³/mol. The van der Waals surface area contributed by atoms with Gasteiger partial charge in [0.25, 0.3) is 5.91 Å². The number of carboxylic acid groups (broad SMARTS) is 1. The van der Waals surface area contributed by atoms with Crippen LogP contribution in [0.1, 0.15) is 35.2 Å². The molecule has 2 amide bonds. The van der Waals surface area contributed by atoms with Gasteiger partial charge >= 0.3 is 12.1 Å². The number of allylic oxidation sites excluding steroid dienone is 2. The van der Waals surface area contributed by atoms with E-state index in [-0.39, 0.29) is 31.0 Å². The van der Waals surface area contributed by atoms with Crippen LogP contribution in [0.5, 0.6) is 0 Å². The molecule has 2 aromatic carbocycles. The third kappa shape index (κ3) is 8.60. The summed E-state index contributed by atoms with van der Waals surface area (Å²) < 4.78 is 38.5. The number of nitrogens with zero attached hydrogens (tertiary/aromatic N) is 2. The maximum Gasteiger partial charge on any atom is 0.490 e. The van der Waals surface area contributed by atoms with Gasteiger partial charge in [0.15, 0.2) is 0 Å². The molecule has 2 heterocycles. The van der Waals surface area contributed by atoms with E-state index in [2.05, 4.69) is 17.5 Å². The van der Waals surface area contributed by atoms with Crippen LogP contribution in [0.25, 0.3) is 0 Å². The number of ether oxygens (including phenoxy) is 1. The molecule has 1 fully saturated rings. The summed E-state index contributed by atoms with van der Waals surface area (Å²) >= 11 is 12.4. The van der Waals surface area contributed by atoms with E-state index >= 15 is 0 Å². The minimum atomic E-state index is -5.08. The van der Waals surface area contributed by atoms with E-state index in [9.17, 15) is 22.8 Å². The normalized spacial score (nSPS) is 20.6. The molecule has 1 aliphatic carbocycles. The first kappa shape index (κ1) is 32.5. The Balaban J connectivity index is 0.000000541. The van der Waals surface area contributed by atoms with Crippen LogP contribution in [0, 0.1) is 0 Å². The van der Waals surface area contributed by atoms with Gasteiger partial charge < -0.3 is 25.0 Å². The molecule has 8 nitrogen and oxygen atoms in total. The lowest BCUT2D eigenvalue weighted by Crippen LogP contribution is -2.51. The molecule has 13 heteroatoms. The number of carboxylic acids is 1. The average Bonchev–Trinajstić information content (AvgIpc) is 3.09. The van der Waals surface area contributed by atoms with Crippen LogP contribution in [0.4, 0.5) is 18.9 Å². The molecule has 0 bridgehead atoms. The number of hydrogen-bond acceptors (Lipinski definition) is 5. The van der Waals surface area contributed by atoms with Crippen molar-refractivity contribution in [2.24, 2.45) is 0 Å². The van der Waals surface area contributed by atoms with Gasteiger partial charge in [-0.05, 0) is 74.0 Å². The Labute approximate surface area is 256 Å². The summed E-state index contributed by atoms with van der Waals surface area (Å²) in [6.45, 7) is 2.43. The summed E-state index contributed by atoms with van der Waals surface area (Å²) in [5.74, 6) is -3.14. The number of alkyl halides is 3. The lowest BCUT2D eigenvalue weighted by atomic mass is 9.92. The van der Waals surface area contributed by atoms with E-state index in [1.807, 2.05) is 24.3 Å². The van der Waals surface area contributed by atoms with Gasteiger partial charge in [-0.2, -0.15) is 13.2 Å². The molecule has 2 aromatic rings. The number of amides is 2. The number of aliphatic carboxylic acids is 1. The van der Waals surface area contributed by atoms with Crippen molar-refractivity contribution in [3.63, 3.8) is 0 Å². The second-order valence-electron chi connectivity index (χ2n) is 10.3. The Hall–Kier alpha value is -3.38. The molecule has 3 aliphatic rings. The quantitative estimate of drug-likeness (QED) is 0.439. The van der Waals surface area contributed by atoms with Gasteiger partial charge in [-0.25, -0.2) is 4.79 Å². The molecule has 43 heavy (non-hydrogen) atoms. The molecular formula is C30H30Cl2F3N3O5. The maximum absolute atomic E-state index is 13.7. The number of fused-ring (bicyclic) bond motifs is 1. The second kappa shape index (κ2) is 13.9. The van der Waals surface area contributed by atoms with Gasteiger partial charge in [0.2, 0.25) is 5.91 Å². The number of carbonyl (C=O) groups is 3. The van der Waals surface area contributed by atoms with Crippen LogP contribution in [-0.4, -0.2) is 71.9 Å². The largest absolute Gasteiger partial charge is 0.490 e. The number of nitrogens with one attached hydrogen (secondary N) is 1. The Morgan fingerprint density at radius 1 is 1.02 bits per heavy atom. The number of piperidine rings is 1. The van der Waals surface area contributed by atoms with Gasteiger partial charge in [0, 0.05) is 34.3 Å². The SMILES string of the molecule is O=C(O)C(F)(F)F.O=C(c1ccc(Cl)cc1)N1CC(=O)N(CC2(OC3CCNCC3)C=CC=CC2)c2ccc(Cl)cc2C1. The number of carbonyl (C=O) groups excluding carboxylic acids is 2. The van der Waals surface area contributed by atoms with Crippen LogP contribution in [0.3, 0.4) is 0 Å². The molecule has 5 rings (SSSR count). The number of halogens is 5. The zero-order valence-electron chi connectivity index (χ0n) is 22.9. The lowest BCUT2D eigenvalue weighted by molar-refractivity contribution is -0.192.